The summed E-state index contributed by atoms with van der Waals surface area (Å²) in [7, 11) is 1.59. The molecule has 0 aromatic heterocycles. The molecule has 3 aromatic rings. The van der Waals surface area contributed by atoms with E-state index in [1.54, 1.807) is 25.3 Å². The van der Waals surface area contributed by atoms with E-state index in [1.165, 1.54) is 12.1 Å². The van der Waals surface area contributed by atoms with Crippen LogP contribution in [-0.2, 0) is 6.18 Å². The maximum absolute atomic E-state index is 13.0. The molecule has 34 heavy (non-hydrogen) atoms. The number of nitrogens with one attached hydrogen (secondary N) is 1. The van der Waals surface area contributed by atoms with E-state index in [2.05, 4.69) is 5.32 Å². The lowest BCUT2D eigenvalue weighted by atomic mass is 9.93. The van der Waals surface area contributed by atoms with Gasteiger partial charge in [-0.15, -0.1) is 0 Å². The SMILES string of the molecule is CCOc1cccc([C@H]2CC(c3ccc(OC)cc3)=N[C@H](c3ccc(C(F)(F)F)cc3)N2)c1O. The van der Waals surface area contributed by atoms with E-state index < -0.39 is 17.9 Å². The van der Waals surface area contributed by atoms with Crippen LogP contribution in [0.25, 0.3) is 0 Å². The Morgan fingerprint density at radius 1 is 1.03 bits per heavy atom. The fourth-order valence-electron chi connectivity index (χ4n) is 3.98. The summed E-state index contributed by atoms with van der Waals surface area (Å²) in [4.78, 5) is 4.80. The van der Waals surface area contributed by atoms with Crippen LogP contribution in [0.3, 0.4) is 0 Å². The first-order valence-electron chi connectivity index (χ1n) is 10.9. The van der Waals surface area contributed by atoms with Gasteiger partial charge in [0.05, 0.1) is 19.3 Å². The Labute approximate surface area is 195 Å². The van der Waals surface area contributed by atoms with Crippen LogP contribution in [-0.4, -0.2) is 24.5 Å². The molecular formula is C26H25F3N2O3. The van der Waals surface area contributed by atoms with Crippen LogP contribution in [0.1, 0.15) is 47.8 Å². The standard InChI is InChI=1S/C26H25F3N2O3/c1-3-34-23-6-4-5-20(24(23)32)22-15-21(16-9-13-19(33-2)14-10-16)30-25(31-22)17-7-11-18(12-8-17)26(27,28)29/h4-14,22,25,31-32H,3,15H2,1-2H3/t22-,25+/m1/s1. The minimum absolute atomic E-state index is 0.0315. The summed E-state index contributed by atoms with van der Waals surface area (Å²) in [6.07, 6.45) is -4.55. The van der Waals surface area contributed by atoms with Crippen molar-refractivity contribution in [2.45, 2.75) is 31.7 Å². The van der Waals surface area contributed by atoms with Crippen LogP contribution in [0.5, 0.6) is 17.2 Å². The van der Waals surface area contributed by atoms with Gasteiger partial charge < -0.3 is 14.6 Å². The Morgan fingerprint density at radius 2 is 1.74 bits per heavy atom. The van der Waals surface area contributed by atoms with E-state index >= 15 is 0 Å². The number of phenols is 1. The number of aliphatic imine (C=N–C) groups is 1. The Hall–Kier alpha value is -3.52. The van der Waals surface area contributed by atoms with Crippen LogP contribution >= 0.6 is 0 Å². The second-order valence-corrected chi connectivity index (χ2v) is 7.88. The summed E-state index contributed by atoms with van der Waals surface area (Å²) in [5.74, 6) is 1.11. The van der Waals surface area contributed by atoms with Crippen molar-refractivity contribution in [3.63, 3.8) is 0 Å². The molecule has 1 aliphatic rings. The summed E-state index contributed by atoms with van der Waals surface area (Å²) in [6, 6.07) is 17.3. The molecule has 0 saturated carbocycles. The normalized spacial score (nSPS) is 18.3. The van der Waals surface area contributed by atoms with E-state index in [1.807, 2.05) is 31.2 Å². The number of nitrogens with zero attached hydrogens (tertiary/aromatic N) is 1. The van der Waals surface area contributed by atoms with E-state index in [9.17, 15) is 18.3 Å². The van der Waals surface area contributed by atoms with Crippen molar-refractivity contribution in [3.8, 4) is 17.2 Å². The molecule has 4 rings (SSSR count). The Kier molecular flexibility index (Phi) is 6.79. The number of rotatable bonds is 6. The van der Waals surface area contributed by atoms with Gasteiger partial charge in [-0.05, 0) is 60.5 Å². The largest absolute Gasteiger partial charge is 0.504 e. The Bertz CT molecular complexity index is 1160. The molecule has 0 aliphatic carbocycles. The van der Waals surface area contributed by atoms with Crippen molar-refractivity contribution in [2.24, 2.45) is 4.99 Å². The highest BCUT2D eigenvalue weighted by Gasteiger charge is 2.32. The molecule has 0 bridgehead atoms. The molecule has 1 heterocycles. The van der Waals surface area contributed by atoms with E-state index in [-0.39, 0.29) is 11.8 Å². The molecule has 2 atom stereocenters. The van der Waals surface area contributed by atoms with Crippen molar-refractivity contribution in [3.05, 3.63) is 89.0 Å². The van der Waals surface area contributed by atoms with E-state index in [0.717, 1.165) is 23.4 Å². The number of benzene rings is 3. The minimum Gasteiger partial charge on any atom is -0.504 e. The number of halogens is 3. The first-order valence-corrected chi connectivity index (χ1v) is 10.9. The third-order valence-corrected chi connectivity index (χ3v) is 5.72. The lowest BCUT2D eigenvalue weighted by Crippen LogP contribution is -2.33. The van der Waals surface area contributed by atoms with Crippen LogP contribution in [0, 0.1) is 0 Å². The molecule has 0 radical (unpaired) electrons. The maximum atomic E-state index is 13.0. The molecule has 0 fully saturated rings. The van der Waals surface area contributed by atoms with Gasteiger partial charge >= 0.3 is 6.18 Å². The zero-order chi connectivity index (χ0) is 24.3. The molecule has 0 spiro atoms. The summed E-state index contributed by atoms with van der Waals surface area (Å²) in [5, 5.41) is 14.2. The fraction of sp³-hybridized carbons (Fsp3) is 0.269. The topological polar surface area (TPSA) is 63.1 Å². The number of phenolic OH excluding ortho intramolecular Hbond substituents is 1. The predicted octanol–water partition coefficient (Wildman–Crippen LogP) is 6.04. The molecule has 5 nitrogen and oxygen atoms in total. The molecule has 0 saturated heterocycles. The second kappa shape index (κ2) is 9.77. The molecule has 3 aromatic carbocycles. The van der Waals surface area contributed by atoms with Gasteiger partial charge in [-0.25, -0.2) is 0 Å². The van der Waals surface area contributed by atoms with Crippen LogP contribution < -0.4 is 14.8 Å². The van der Waals surface area contributed by atoms with E-state index in [4.69, 9.17) is 14.5 Å². The van der Waals surface area contributed by atoms with Crippen molar-refractivity contribution in [1.29, 1.82) is 0 Å². The molecule has 1 aliphatic heterocycles. The molecule has 8 heteroatoms. The van der Waals surface area contributed by atoms with Gasteiger partial charge in [0, 0.05) is 23.7 Å². The second-order valence-electron chi connectivity index (χ2n) is 7.88. The summed E-state index contributed by atoms with van der Waals surface area (Å²) in [6.45, 7) is 2.24. The zero-order valence-electron chi connectivity index (χ0n) is 18.8. The first-order chi connectivity index (χ1) is 16.3. The number of ether oxygens (including phenoxy) is 2. The number of para-hydroxylation sites is 1. The summed E-state index contributed by atoms with van der Waals surface area (Å²) >= 11 is 0. The lowest BCUT2D eigenvalue weighted by molar-refractivity contribution is -0.137. The van der Waals surface area contributed by atoms with Crippen molar-refractivity contribution >= 4 is 5.71 Å². The molecule has 2 N–H and O–H groups in total. The van der Waals surface area contributed by atoms with Crippen molar-refractivity contribution in [2.75, 3.05) is 13.7 Å². The maximum Gasteiger partial charge on any atom is 0.416 e. The number of aromatic hydroxyl groups is 1. The van der Waals surface area contributed by atoms with Gasteiger partial charge in [0.25, 0.3) is 0 Å². The average Bonchev–Trinajstić information content (AvgIpc) is 2.85. The van der Waals surface area contributed by atoms with Crippen LogP contribution in [0.4, 0.5) is 13.2 Å². The number of methoxy groups -OCH3 is 1. The molecule has 178 valence electrons. The average molecular weight is 470 g/mol. The van der Waals surface area contributed by atoms with Gasteiger partial charge in [-0.2, -0.15) is 13.2 Å². The van der Waals surface area contributed by atoms with Gasteiger partial charge in [0.15, 0.2) is 11.5 Å². The Morgan fingerprint density at radius 3 is 2.35 bits per heavy atom. The summed E-state index contributed by atoms with van der Waals surface area (Å²) < 4.78 is 49.9. The third-order valence-electron chi connectivity index (χ3n) is 5.72. The monoisotopic (exact) mass is 470 g/mol. The third kappa shape index (κ3) is 5.02. The molecule has 0 unspecified atom stereocenters. The lowest BCUT2D eigenvalue weighted by Gasteiger charge is -2.31. The highest BCUT2D eigenvalue weighted by Crippen LogP contribution is 2.39. The van der Waals surface area contributed by atoms with Gasteiger partial charge in [-0.3, -0.25) is 10.3 Å². The van der Waals surface area contributed by atoms with Crippen LogP contribution in [0.2, 0.25) is 0 Å². The van der Waals surface area contributed by atoms with Gasteiger partial charge in [0.1, 0.15) is 11.9 Å². The molecular weight excluding hydrogens is 445 g/mol. The van der Waals surface area contributed by atoms with E-state index in [0.29, 0.717) is 35.7 Å². The van der Waals surface area contributed by atoms with Crippen molar-refractivity contribution in [1.82, 2.24) is 5.32 Å². The fourth-order valence-corrected chi connectivity index (χ4v) is 3.98. The number of hydrogen-bond acceptors (Lipinski definition) is 5. The highest BCUT2D eigenvalue weighted by atomic mass is 19.4. The first kappa shape index (κ1) is 23.6. The van der Waals surface area contributed by atoms with Gasteiger partial charge in [0.2, 0.25) is 0 Å². The van der Waals surface area contributed by atoms with Crippen LogP contribution in [0.15, 0.2) is 71.7 Å². The highest BCUT2D eigenvalue weighted by molar-refractivity contribution is 6.01. The van der Waals surface area contributed by atoms with Crippen molar-refractivity contribution < 1.29 is 27.8 Å². The smallest absolute Gasteiger partial charge is 0.416 e. The number of alkyl halides is 3. The number of hydrogen-bond donors (Lipinski definition) is 2. The van der Waals surface area contributed by atoms with Gasteiger partial charge in [-0.1, -0.05) is 24.3 Å². The quantitative estimate of drug-likeness (QED) is 0.461. The molecule has 0 amide bonds. The summed E-state index contributed by atoms with van der Waals surface area (Å²) in [5.41, 5.74) is 2.13. The minimum atomic E-state index is -4.41. The Balaban J connectivity index is 1.73. The zero-order valence-corrected chi connectivity index (χ0v) is 18.8. The predicted molar refractivity (Wildman–Crippen MR) is 123 cm³/mol.